The van der Waals surface area contributed by atoms with E-state index in [4.69, 9.17) is 4.42 Å². The fraction of sp³-hybridized carbons (Fsp3) is 0. The zero-order valence-electron chi connectivity index (χ0n) is 9.20. The number of para-hydroxylation sites is 2. The van der Waals surface area contributed by atoms with Crippen LogP contribution in [0.2, 0.25) is 0 Å². The Labute approximate surface area is 107 Å². The summed E-state index contributed by atoms with van der Waals surface area (Å²) in [5, 5.41) is 19.1. The monoisotopic (exact) mass is 259 g/mol. The normalized spacial score (nSPS) is 10.9. The number of rotatable bonds is 2. The fourth-order valence-electron chi connectivity index (χ4n) is 1.56. The highest BCUT2D eigenvalue weighted by Gasteiger charge is 2.08. The van der Waals surface area contributed by atoms with Gasteiger partial charge in [0.1, 0.15) is 5.52 Å². The van der Waals surface area contributed by atoms with Crippen LogP contribution < -0.4 is 0 Å². The first-order valence-corrected chi connectivity index (χ1v) is 6.09. The van der Waals surface area contributed by atoms with Gasteiger partial charge in [-0.25, -0.2) is 4.98 Å². The van der Waals surface area contributed by atoms with E-state index in [1.807, 2.05) is 24.3 Å². The van der Waals surface area contributed by atoms with Gasteiger partial charge in [-0.3, -0.25) is 0 Å². The fourth-order valence-corrected chi connectivity index (χ4v) is 2.35. The average molecular weight is 259 g/mol. The van der Waals surface area contributed by atoms with E-state index in [2.05, 4.69) is 4.98 Å². The predicted octanol–water partition coefficient (Wildman–Crippen LogP) is 3.39. The van der Waals surface area contributed by atoms with Gasteiger partial charge in [0.05, 0.1) is 0 Å². The summed E-state index contributed by atoms with van der Waals surface area (Å²) >= 11 is 1.29. The lowest BCUT2D eigenvalue weighted by Crippen LogP contribution is -1.74. The van der Waals surface area contributed by atoms with Gasteiger partial charge in [-0.15, -0.1) is 0 Å². The summed E-state index contributed by atoms with van der Waals surface area (Å²) in [6.07, 6.45) is 0. The van der Waals surface area contributed by atoms with Gasteiger partial charge < -0.3 is 14.6 Å². The largest absolute Gasteiger partial charge is 0.504 e. The number of hydrogen-bond acceptors (Lipinski definition) is 5. The molecular formula is C13H9NO3S. The average Bonchev–Trinajstić information content (AvgIpc) is 2.76. The van der Waals surface area contributed by atoms with Crippen molar-refractivity contribution in [3.8, 4) is 11.5 Å². The summed E-state index contributed by atoms with van der Waals surface area (Å²) in [5.41, 5.74) is 1.52. The second-order valence-corrected chi connectivity index (χ2v) is 4.72. The van der Waals surface area contributed by atoms with Crippen LogP contribution in [-0.4, -0.2) is 15.2 Å². The Morgan fingerprint density at radius 2 is 1.83 bits per heavy atom. The Balaban J connectivity index is 1.93. The van der Waals surface area contributed by atoms with Crippen molar-refractivity contribution in [1.29, 1.82) is 0 Å². The molecule has 4 nitrogen and oxygen atoms in total. The summed E-state index contributed by atoms with van der Waals surface area (Å²) in [4.78, 5) is 5.06. The lowest BCUT2D eigenvalue weighted by Gasteiger charge is -1.99. The van der Waals surface area contributed by atoms with Crippen LogP contribution in [0.4, 0.5) is 0 Å². The molecule has 0 spiro atoms. The van der Waals surface area contributed by atoms with Crippen LogP contribution in [0, 0.1) is 0 Å². The molecule has 0 atom stereocenters. The van der Waals surface area contributed by atoms with Crippen molar-refractivity contribution in [2.75, 3.05) is 0 Å². The molecule has 5 heteroatoms. The van der Waals surface area contributed by atoms with E-state index in [1.165, 1.54) is 23.9 Å². The van der Waals surface area contributed by atoms with Crippen LogP contribution in [0.1, 0.15) is 0 Å². The SMILES string of the molecule is Oc1ccc(Sc2nc3ccccc3o2)cc1O. The molecule has 0 radical (unpaired) electrons. The molecule has 0 saturated heterocycles. The number of phenolic OH excluding ortho intramolecular Hbond substituents is 2. The van der Waals surface area contributed by atoms with Crippen molar-refractivity contribution < 1.29 is 14.6 Å². The minimum atomic E-state index is -0.156. The van der Waals surface area contributed by atoms with Crippen LogP contribution in [0.15, 0.2) is 57.0 Å². The zero-order valence-corrected chi connectivity index (χ0v) is 10.0. The number of phenols is 2. The maximum atomic E-state index is 9.40. The van der Waals surface area contributed by atoms with Gasteiger partial charge in [0.25, 0.3) is 5.22 Å². The minimum absolute atomic E-state index is 0.142. The van der Waals surface area contributed by atoms with E-state index in [9.17, 15) is 10.2 Å². The Morgan fingerprint density at radius 1 is 1.00 bits per heavy atom. The van der Waals surface area contributed by atoms with E-state index in [-0.39, 0.29) is 11.5 Å². The Kier molecular flexibility index (Phi) is 2.60. The second kappa shape index (κ2) is 4.27. The van der Waals surface area contributed by atoms with Gasteiger partial charge in [-0.05, 0) is 42.1 Å². The third kappa shape index (κ3) is 2.00. The highest BCUT2D eigenvalue weighted by molar-refractivity contribution is 7.99. The zero-order chi connectivity index (χ0) is 12.5. The summed E-state index contributed by atoms with van der Waals surface area (Å²) in [5.74, 6) is -0.298. The van der Waals surface area contributed by atoms with Crippen molar-refractivity contribution in [2.45, 2.75) is 10.1 Å². The molecule has 1 aromatic heterocycles. The Morgan fingerprint density at radius 3 is 2.61 bits per heavy atom. The first-order chi connectivity index (χ1) is 8.72. The van der Waals surface area contributed by atoms with E-state index in [1.54, 1.807) is 6.07 Å². The second-order valence-electron chi connectivity index (χ2n) is 3.70. The smallest absolute Gasteiger partial charge is 0.261 e. The van der Waals surface area contributed by atoms with Crippen LogP contribution in [0.5, 0.6) is 11.5 Å². The van der Waals surface area contributed by atoms with E-state index in [0.717, 1.165) is 16.0 Å². The molecular weight excluding hydrogens is 250 g/mol. The van der Waals surface area contributed by atoms with Crippen LogP contribution in [-0.2, 0) is 0 Å². The van der Waals surface area contributed by atoms with Crippen LogP contribution >= 0.6 is 11.8 Å². The number of nitrogens with zero attached hydrogens (tertiary/aromatic N) is 1. The highest BCUT2D eigenvalue weighted by atomic mass is 32.2. The molecule has 1 heterocycles. The first-order valence-electron chi connectivity index (χ1n) is 5.28. The van der Waals surface area contributed by atoms with Crippen molar-refractivity contribution in [2.24, 2.45) is 0 Å². The number of fused-ring (bicyclic) bond motifs is 1. The Hall–Kier alpha value is -2.14. The number of hydrogen-bond donors (Lipinski definition) is 2. The molecule has 0 aliphatic carbocycles. The van der Waals surface area contributed by atoms with E-state index < -0.39 is 0 Å². The number of aromatic hydroxyl groups is 2. The maximum absolute atomic E-state index is 9.40. The van der Waals surface area contributed by atoms with Gasteiger partial charge in [0.2, 0.25) is 0 Å². The molecule has 0 bridgehead atoms. The molecule has 3 rings (SSSR count). The molecule has 2 aromatic carbocycles. The van der Waals surface area contributed by atoms with Gasteiger partial charge in [-0.1, -0.05) is 12.1 Å². The van der Waals surface area contributed by atoms with E-state index in [0.29, 0.717) is 5.22 Å². The standard InChI is InChI=1S/C13H9NO3S/c15-10-6-5-8(7-11(10)16)18-13-14-9-3-1-2-4-12(9)17-13/h1-7,15-16H. The lowest BCUT2D eigenvalue weighted by atomic mass is 10.3. The molecule has 2 N–H and O–H groups in total. The topological polar surface area (TPSA) is 66.5 Å². The molecule has 0 saturated carbocycles. The third-order valence-corrected chi connectivity index (χ3v) is 3.27. The van der Waals surface area contributed by atoms with Crippen molar-refractivity contribution in [3.63, 3.8) is 0 Å². The molecule has 0 unspecified atom stereocenters. The summed E-state index contributed by atoms with van der Waals surface area (Å²) in [6.45, 7) is 0. The lowest BCUT2D eigenvalue weighted by molar-refractivity contribution is 0.402. The third-order valence-electron chi connectivity index (χ3n) is 2.43. The highest BCUT2D eigenvalue weighted by Crippen LogP contribution is 2.34. The first kappa shape index (κ1) is 11.0. The number of aromatic nitrogens is 1. The van der Waals surface area contributed by atoms with Crippen molar-refractivity contribution in [1.82, 2.24) is 4.98 Å². The van der Waals surface area contributed by atoms with Crippen LogP contribution in [0.25, 0.3) is 11.1 Å². The molecule has 0 fully saturated rings. The van der Waals surface area contributed by atoms with Crippen molar-refractivity contribution in [3.05, 3.63) is 42.5 Å². The Bertz CT molecular complexity index is 675. The molecule has 18 heavy (non-hydrogen) atoms. The summed E-state index contributed by atoms with van der Waals surface area (Å²) in [6, 6.07) is 12.1. The molecule has 0 aliphatic heterocycles. The van der Waals surface area contributed by atoms with Gasteiger partial charge in [0, 0.05) is 4.90 Å². The summed E-state index contributed by atoms with van der Waals surface area (Å²) < 4.78 is 5.55. The minimum Gasteiger partial charge on any atom is -0.504 e. The van der Waals surface area contributed by atoms with Gasteiger partial charge in [0.15, 0.2) is 17.1 Å². The van der Waals surface area contributed by atoms with Gasteiger partial charge >= 0.3 is 0 Å². The molecule has 3 aromatic rings. The number of oxazole rings is 1. The molecule has 90 valence electrons. The molecule has 0 aliphatic rings. The number of benzene rings is 2. The maximum Gasteiger partial charge on any atom is 0.261 e. The van der Waals surface area contributed by atoms with Crippen LogP contribution in [0.3, 0.4) is 0 Å². The van der Waals surface area contributed by atoms with Gasteiger partial charge in [-0.2, -0.15) is 0 Å². The predicted molar refractivity (Wildman–Crippen MR) is 67.9 cm³/mol. The quantitative estimate of drug-likeness (QED) is 0.690. The molecule has 0 amide bonds. The van der Waals surface area contributed by atoms with E-state index >= 15 is 0 Å². The summed E-state index contributed by atoms with van der Waals surface area (Å²) in [7, 11) is 0. The van der Waals surface area contributed by atoms with Crippen molar-refractivity contribution >= 4 is 22.9 Å².